The Bertz CT molecular complexity index is 225. The van der Waals surface area contributed by atoms with E-state index < -0.39 is 6.17 Å². The second-order valence-corrected chi connectivity index (χ2v) is 4.85. The summed E-state index contributed by atoms with van der Waals surface area (Å²) in [6.07, 6.45) is 6.19. The number of halogens is 1. The van der Waals surface area contributed by atoms with E-state index in [-0.39, 0.29) is 5.41 Å². The van der Waals surface area contributed by atoms with Gasteiger partial charge in [0.1, 0.15) is 6.17 Å². The Hall–Kier alpha value is -0.370. The maximum absolute atomic E-state index is 13.5. The molecule has 0 saturated carbocycles. The van der Waals surface area contributed by atoms with Crippen molar-refractivity contribution in [1.82, 2.24) is 0 Å². The first kappa shape index (κ1) is 12.7. The van der Waals surface area contributed by atoms with E-state index >= 15 is 0 Å². The van der Waals surface area contributed by atoms with Crippen molar-refractivity contribution < 1.29 is 9.13 Å². The van der Waals surface area contributed by atoms with E-state index in [0.717, 1.165) is 12.8 Å². The van der Waals surface area contributed by atoms with Gasteiger partial charge < -0.3 is 4.74 Å². The minimum atomic E-state index is -0.692. The van der Waals surface area contributed by atoms with Crippen LogP contribution in [0.3, 0.4) is 0 Å². The third-order valence-electron chi connectivity index (χ3n) is 3.30. The van der Waals surface area contributed by atoms with Gasteiger partial charge in [0, 0.05) is 12.5 Å². The molecule has 0 aromatic heterocycles. The van der Waals surface area contributed by atoms with Crippen molar-refractivity contribution in [2.45, 2.75) is 52.1 Å². The number of rotatable bonds is 5. The molecule has 0 radical (unpaired) electrons. The van der Waals surface area contributed by atoms with Gasteiger partial charge in [-0.25, -0.2) is 4.39 Å². The lowest BCUT2D eigenvalue weighted by Crippen LogP contribution is -2.30. The van der Waals surface area contributed by atoms with E-state index in [1.54, 1.807) is 7.11 Å². The van der Waals surface area contributed by atoms with Crippen molar-refractivity contribution >= 4 is 0 Å². The number of hydrogen-bond acceptors (Lipinski definition) is 1. The molecule has 0 heterocycles. The molecule has 1 rings (SSSR count). The molecule has 0 aliphatic heterocycles. The summed E-state index contributed by atoms with van der Waals surface area (Å²) in [7, 11) is 1.71. The Labute approximate surface area is 92.7 Å². The van der Waals surface area contributed by atoms with Gasteiger partial charge in [-0.05, 0) is 39.0 Å². The van der Waals surface area contributed by atoms with Crippen LogP contribution in [0.2, 0.25) is 0 Å². The van der Waals surface area contributed by atoms with Crippen LogP contribution >= 0.6 is 0 Å². The third kappa shape index (κ3) is 3.60. The van der Waals surface area contributed by atoms with E-state index in [9.17, 15) is 4.39 Å². The summed E-state index contributed by atoms with van der Waals surface area (Å²) < 4.78 is 18.8. The Balaban J connectivity index is 2.73. The molecule has 0 aromatic carbocycles. The zero-order valence-corrected chi connectivity index (χ0v) is 10.2. The molecule has 2 atom stereocenters. The van der Waals surface area contributed by atoms with Crippen LogP contribution in [0.4, 0.5) is 4.39 Å². The van der Waals surface area contributed by atoms with Gasteiger partial charge in [-0.3, -0.25) is 0 Å². The molecule has 0 unspecified atom stereocenters. The Morgan fingerprint density at radius 1 is 1.60 bits per heavy atom. The molecule has 0 aromatic rings. The molecular formula is C13H23FO. The smallest absolute Gasteiger partial charge is 0.101 e. The third-order valence-corrected chi connectivity index (χ3v) is 3.30. The van der Waals surface area contributed by atoms with Crippen LogP contribution in [0.15, 0.2) is 11.6 Å². The van der Waals surface area contributed by atoms with Crippen molar-refractivity contribution in [1.29, 1.82) is 0 Å². The summed E-state index contributed by atoms with van der Waals surface area (Å²) >= 11 is 0. The molecule has 0 bridgehead atoms. The van der Waals surface area contributed by atoms with Crippen LogP contribution < -0.4 is 0 Å². The first-order chi connectivity index (χ1) is 7.12. The Morgan fingerprint density at radius 2 is 2.33 bits per heavy atom. The molecule has 2 heteroatoms. The van der Waals surface area contributed by atoms with Crippen molar-refractivity contribution in [3.05, 3.63) is 11.6 Å². The highest BCUT2D eigenvalue weighted by Gasteiger charge is 2.32. The highest BCUT2D eigenvalue weighted by atomic mass is 19.1. The van der Waals surface area contributed by atoms with Crippen LogP contribution in [-0.4, -0.2) is 19.9 Å². The van der Waals surface area contributed by atoms with E-state index in [1.807, 2.05) is 6.92 Å². The van der Waals surface area contributed by atoms with Crippen LogP contribution in [0, 0.1) is 5.41 Å². The monoisotopic (exact) mass is 214 g/mol. The fourth-order valence-electron chi connectivity index (χ4n) is 2.59. The minimum absolute atomic E-state index is 0.0352. The molecule has 15 heavy (non-hydrogen) atoms. The lowest BCUT2D eigenvalue weighted by atomic mass is 9.73. The molecule has 1 nitrogen and oxygen atoms in total. The summed E-state index contributed by atoms with van der Waals surface area (Å²) in [5.74, 6) is 0. The van der Waals surface area contributed by atoms with Crippen LogP contribution in [0.1, 0.15) is 46.0 Å². The number of methoxy groups -OCH3 is 1. The zero-order chi connectivity index (χ0) is 11.3. The van der Waals surface area contributed by atoms with Gasteiger partial charge in [0.15, 0.2) is 0 Å². The molecule has 1 aliphatic rings. The number of alkyl halides is 1. The van der Waals surface area contributed by atoms with E-state index in [4.69, 9.17) is 4.74 Å². The molecule has 0 amide bonds. The Morgan fingerprint density at radius 3 is 2.87 bits per heavy atom. The fraction of sp³-hybridized carbons (Fsp3) is 0.846. The molecule has 0 fully saturated rings. The van der Waals surface area contributed by atoms with Gasteiger partial charge in [-0.1, -0.05) is 18.6 Å². The second kappa shape index (κ2) is 5.64. The topological polar surface area (TPSA) is 9.23 Å². The molecule has 88 valence electrons. The van der Waals surface area contributed by atoms with Crippen LogP contribution in [0.25, 0.3) is 0 Å². The molecule has 0 spiro atoms. The lowest BCUT2D eigenvalue weighted by Gasteiger charge is -2.35. The highest BCUT2D eigenvalue weighted by Crippen LogP contribution is 2.39. The predicted molar refractivity (Wildman–Crippen MR) is 61.7 cm³/mol. The van der Waals surface area contributed by atoms with Crippen molar-refractivity contribution in [2.75, 3.05) is 13.7 Å². The molecular weight excluding hydrogens is 191 g/mol. The average Bonchev–Trinajstić information content (AvgIpc) is 2.17. The molecule has 0 N–H and O–H groups in total. The quantitative estimate of drug-likeness (QED) is 0.631. The van der Waals surface area contributed by atoms with Gasteiger partial charge in [0.05, 0.1) is 6.61 Å². The normalized spacial score (nSPS) is 28.7. The minimum Gasteiger partial charge on any atom is -0.384 e. The van der Waals surface area contributed by atoms with Crippen LogP contribution in [0.5, 0.6) is 0 Å². The maximum Gasteiger partial charge on any atom is 0.101 e. The van der Waals surface area contributed by atoms with Crippen molar-refractivity contribution in [3.8, 4) is 0 Å². The van der Waals surface area contributed by atoms with Gasteiger partial charge in [-0.2, -0.15) is 0 Å². The predicted octanol–water partition coefficient (Wildman–Crippen LogP) is 3.89. The summed E-state index contributed by atoms with van der Waals surface area (Å²) in [5, 5.41) is 0. The first-order valence-electron chi connectivity index (χ1n) is 5.93. The molecule has 0 saturated heterocycles. The number of hydrogen-bond donors (Lipinski definition) is 0. The van der Waals surface area contributed by atoms with E-state index in [0.29, 0.717) is 19.4 Å². The second-order valence-electron chi connectivity index (χ2n) is 4.85. The maximum atomic E-state index is 13.5. The molecule has 1 aliphatic carbocycles. The summed E-state index contributed by atoms with van der Waals surface area (Å²) in [5.41, 5.74) is 1.36. The highest BCUT2D eigenvalue weighted by molar-refractivity contribution is 5.12. The average molecular weight is 214 g/mol. The van der Waals surface area contributed by atoms with Crippen LogP contribution in [-0.2, 0) is 4.74 Å². The standard InChI is InChI=1S/C13H23FO/c1-4-12(14)9-13(10-15-3)7-5-6-11(2)8-13/h8,12H,4-7,9-10H2,1-3H3/t12-,13-/m1/s1. The largest absolute Gasteiger partial charge is 0.384 e. The summed E-state index contributed by atoms with van der Waals surface area (Å²) in [4.78, 5) is 0. The van der Waals surface area contributed by atoms with Gasteiger partial charge in [0.2, 0.25) is 0 Å². The summed E-state index contributed by atoms with van der Waals surface area (Å²) in [6, 6.07) is 0. The first-order valence-corrected chi connectivity index (χ1v) is 5.93. The van der Waals surface area contributed by atoms with Gasteiger partial charge in [0.25, 0.3) is 0 Å². The van der Waals surface area contributed by atoms with E-state index in [1.165, 1.54) is 12.0 Å². The fourth-order valence-corrected chi connectivity index (χ4v) is 2.59. The van der Waals surface area contributed by atoms with Crippen molar-refractivity contribution in [2.24, 2.45) is 5.41 Å². The number of allylic oxidation sites excluding steroid dienone is 1. The van der Waals surface area contributed by atoms with E-state index in [2.05, 4.69) is 13.0 Å². The Kier molecular flexibility index (Phi) is 4.78. The summed E-state index contributed by atoms with van der Waals surface area (Å²) in [6.45, 7) is 4.71. The number of ether oxygens (including phenoxy) is 1. The lowest BCUT2D eigenvalue weighted by molar-refractivity contribution is 0.0717. The van der Waals surface area contributed by atoms with Gasteiger partial charge in [-0.15, -0.1) is 0 Å². The SMILES string of the molecule is CC[C@@H](F)C[C@]1(COC)C=C(C)CCC1. The van der Waals surface area contributed by atoms with Crippen molar-refractivity contribution in [3.63, 3.8) is 0 Å². The van der Waals surface area contributed by atoms with Gasteiger partial charge >= 0.3 is 0 Å². The zero-order valence-electron chi connectivity index (χ0n) is 10.2.